The van der Waals surface area contributed by atoms with Crippen molar-refractivity contribution in [1.29, 1.82) is 0 Å². The quantitative estimate of drug-likeness (QED) is 0.734. The smallest absolute Gasteiger partial charge is 0.272 e. The van der Waals surface area contributed by atoms with E-state index < -0.39 is 0 Å². The molecule has 116 valence electrons. The van der Waals surface area contributed by atoms with Crippen LogP contribution in [0.5, 0.6) is 0 Å². The predicted octanol–water partition coefficient (Wildman–Crippen LogP) is 3.84. The van der Waals surface area contributed by atoms with Crippen LogP contribution in [0.25, 0.3) is 16.3 Å². The molecule has 1 amide bonds. The lowest BCUT2D eigenvalue weighted by Gasteiger charge is -2.15. The van der Waals surface area contributed by atoms with Crippen LogP contribution in [0.2, 0.25) is 0 Å². The summed E-state index contributed by atoms with van der Waals surface area (Å²) in [7, 11) is 0. The van der Waals surface area contributed by atoms with E-state index in [1.807, 2.05) is 58.8 Å². The van der Waals surface area contributed by atoms with Gasteiger partial charge < -0.3 is 4.90 Å². The van der Waals surface area contributed by atoms with Gasteiger partial charge >= 0.3 is 0 Å². The van der Waals surface area contributed by atoms with E-state index in [1.165, 1.54) is 0 Å². The van der Waals surface area contributed by atoms with Crippen molar-refractivity contribution in [3.05, 3.63) is 59.6 Å². The van der Waals surface area contributed by atoms with E-state index in [0.717, 1.165) is 42.2 Å². The maximum atomic E-state index is 12.9. The van der Waals surface area contributed by atoms with Gasteiger partial charge in [0.1, 0.15) is 11.4 Å². The van der Waals surface area contributed by atoms with E-state index in [0.29, 0.717) is 5.69 Å². The molecule has 4 nitrogen and oxygen atoms in total. The fraction of sp³-hybridized carbons (Fsp3) is 0.222. The van der Waals surface area contributed by atoms with Crippen molar-refractivity contribution in [3.8, 4) is 16.3 Å². The van der Waals surface area contributed by atoms with Gasteiger partial charge in [0.2, 0.25) is 0 Å². The Balaban J connectivity index is 1.80. The SMILES string of the molecule is O=C(c1cc(-c2cccs2)nn1-c1ccccc1)N1CCCC1. The third-order valence-electron chi connectivity index (χ3n) is 4.10. The average molecular weight is 323 g/mol. The second kappa shape index (κ2) is 6.01. The number of hydrogen-bond acceptors (Lipinski definition) is 3. The molecule has 3 heterocycles. The van der Waals surface area contributed by atoms with E-state index >= 15 is 0 Å². The summed E-state index contributed by atoms with van der Waals surface area (Å²) in [4.78, 5) is 15.9. The molecule has 0 atom stereocenters. The van der Waals surface area contributed by atoms with Crippen molar-refractivity contribution in [2.75, 3.05) is 13.1 Å². The summed E-state index contributed by atoms with van der Waals surface area (Å²) < 4.78 is 1.77. The number of carbonyl (C=O) groups is 1. The molecule has 1 fully saturated rings. The molecule has 0 aliphatic carbocycles. The van der Waals surface area contributed by atoms with Crippen LogP contribution in [0, 0.1) is 0 Å². The number of carbonyl (C=O) groups excluding carboxylic acids is 1. The monoisotopic (exact) mass is 323 g/mol. The Bertz CT molecular complexity index is 802. The maximum absolute atomic E-state index is 12.9. The van der Waals surface area contributed by atoms with Crippen molar-refractivity contribution < 1.29 is 4.79 Å². The topological polar surface area (TPSA) is 38.1 Å². The van der Waals surface area contributed by atoms with Gasteiger partial charge in [0.15, 0.2) is 0 Å². The van der Waals surface area contributed by atoms with Crippen LogP contribution in [0.1, 0.15) is 23.3 Å². The highest BCUT2D eigenvalue weighted by Gasteiger charge is 2.25. The number of nitrogens with zero attached hydrogens (tertiary/aromatic N) is 3. The second-order valence-corrected chi connectivity index (χ2v) is 6.59. The van der Waals surface area contributed by atoms with Gasteiger partial charge in [-0.2, -0.15) is 5.10 Å². The van der Waals surface area contributed by atoms with Gasteiger partial charge in [0, 0.05) is 13.1 Å². The molecule has 0 spiro atoms. The molecule has 0 bridgehead atoms. The number of hydrogen-bond donors (Lipinski definition) is 0. The molecule has 1 aliphatic heterocycles. The van der Waals surface area contributed by atoms with Crippen LogP contribution in [-0.2, 0) is 0 Å². The predicted molar refractivity (Wildman–Crippen MR) is 92.0 cm³/mol. The van der Waals surface area contributed by atoms with E-state index in [1.54, 1.807) is 16.0 Å². The van der Waals surface area contributed by atoms with Crippen molar-refractivity contribution in [2.45, 2.75) is 12.8 Å². The van der Waals surface area contributed by atoms with E-state index in [-0.39, 0.29) is 5.91 Å². The molecule has 2 aromatic heterocycles. The van der Waals surface area contributed by atoms with Crippen LogP contribution in [0.15, 0.2) is 53.9 Å². The lowest BCUT2D eigenvalue weighted by atomic mass is 10.2. The number of rotatable bonds is 3. The Morgan fingerprint density at radius 1 is 1.04 bits per heavy atom. The summed E-state index contributed by atoms with van der Waals surface area (Å²) in [6.45, 7) is 1.68. The van der Waals surface area contributed by atoms with Crippen molar-refractivity contribution in [2.24, 2.45) is 0 Å². The Morgan fingerprint density at radius 2 is 1.83 bits per heavy atom. The van der Waals surface area contributed by atoms with E-state index in [2.05, 4.69) is 0 Å². The van der Waals surface area contributed by atoms with Gasteiger partial charge in [0.05, 0.1) is 10.6 Å². The Morgan fingerprint density at radius 3 is 2.52 bits per heavy atom. The zero-order chi connectivity index (χ0) is 15.6. The first-order valence-electron chi connectivity index (χ1n) is 7.81. The number of amides is 1. The summed E-state index contributed by atoms with van der Waals surface area (Å²) in [5.41, 5.74) is 2.41. The molecular formula is C18H17N3OS. The van der Waals surface area contributed by atoms with Gasteiger partial charge in [-0.3, -0.25) is 4.79 Å². The summed E-state index contributed by atoms with van der Waals surface area (Å²) >= 11 is 1.64. The Hall–Kier alpha value is -2.40. The minimum atomic E-state index is 0.0710. The zero-order valence-corrected chi connectivity index (χ0v) is 13.5. The standard InChI is InChI=1S/C18H17N3OS/c22-18(20-10-4-5-11-20)16-13-15(17-9-6-12-23-17)19-21(16)14-7-2-1-3-8-14/h1-3,6-9,12-13H,4-5,10-11H2. The number of para-hydroxylation sites is 1. The molecular weight excluding hydrogens is 306 g/mol. The highest BCUT2D eigenvalue weighted by Crippen LogP contribution is 2.27. The summed E-state index contributed by atoms with van der Waals surface area (Å²) in [6.07, 6.45) is 2.17. The summed E-state index contributed by atoms with van der Waals surface area (Å²) in [5, 5.41) is 6.72. The number of likely N-dealkylation sites (tertiary alicyclic amines) is 1. The number of thiophene rings is 1. The molecule has 4 rings (SSSR count). The Kier molecular flexibility index (Phi) is 3.71. The van der Waals surface area contributed by atoms with Crippen LogP contribution in [0.3, 0.4) is 0 Å². The lowest BCUT2D eigenvalue weighted by molar-refractivity contribution is 0.0784. The third-order valence-corrected chi connectivity index (χ3v) is 4.99. The average Bonchev–Trinajstić information content (AvgIpc) is 3.35. The fourth-order valence-corrected chi connectivity index (χ4v) is 3.61. The van der Waals surface area contributed by atoms with Gasteiger partial charge in [-0.1, -0.05) is 24.3 Å². The molecule has 23 heavy (non-hydrogen) atoms. The van der Waals surface area contributed by atoms with Crippen LogP contribution < -0.4 is 0 Å². The first kappa shape index (κ1) is 14.2. The van der Waals surface area contributed by atoms with Crippen LogP contribution in [0.4, 0.5) is 0 Å². The molecule has 0 unspecified atom stereocenters. The van der Waals surface area contributed by atoms with E-state index in [9.17, 15) is 4.79 Å². The number of aromatic nitrogens is 2. The van der Waals surface area contributed by atoms with Gasteiger partial charge in [-0.15, -0.1) is 11.3 Å². The first-order valence-corrected chi connectivity index (χ1v) is 8.69. The summed E-state index contributed by atoms with van der Waals surface area (Å²) in [5.74, 6) is 0.0710. The molecule has 1 saturated heterocycles. The van der Waals surface area contributed by atoms with E-state index in [4.69, 9.17) is 5.10 Å². The fourth-order valence-electron chi connectivity index (χ4n) is 2.93. The van der Waals surface area contributed by atoms with Crippen molar-refractivity contribution >= 4 is 17.2 Å². The molecule has 3 aromatic rings. The lowest BCUT2D eigenvalue weighted by Crippen LogP contribution is -2.29. The maximum Gasteiger partial charge on any atom is 0.272 e. The third kappa shape index (κ3) is 2.68. The highest BCUT2D eigenvalue weighted by atomic mass is 32.1. The van der Waals surface area contributed by atoms with Crippen LogP contribution >= 0.6 is 11.3 Å². The van der Waals surface area contributed by atoms with Crippen molar-refractivity contribution in [3.63, 3.8) is 0 Å². The van der Waals surface area contributed by atoms with Gasteiger partial charge in [-0.05, 0) is 42.5 Å². The highest BCUT2D eigenvalue weighted by molar-refractivity contribution is 7.13. The molecule has 1 aliphatic rings. The van der Waals surface area contributed by atoms with Gasteiger partial charge in [-0.25, -0.2) is 4.68 Å². The van der Waals surface area contributed by atoms with Crippen LogP contribution in [-0.4, -0.2) is 33.7 Å². The molecule has 1 aromatic carbocycles. The molecule has 5 heteroatoms. The number of benzene rings is 1. The molecule has 0 N–H and O–H groups in total. The molecule has 0 saturated carbocycles. The minimum absolute atomic E-state index is 0.0710. The van der Waals surface area contributed by atoms with Crippen molar-refractivity contribution in [1.82, 2.24) is 14.7 Å². The second-order valence-electron chi connectivity index (χ2n) is 5.64. The van der Waals surface area contributed by atoms with Gasteiger partial charge in [0.25, 0.3) is 5.91 Å². The normalized spacial score (nSPS) is 14.3. The molecule has 0 radical (unpaired) electrons. The first-order chi connectivity index (χ1) is 11.3. The summed E-state index contributed by atoms with van der Waals surface area (Å²) in [6, 6.07) is 15.8. The zero-order valence-electron chi connectivity index (χ0n) is 12.7. The Labute approximate surface area is 139 Å². The minimum Gasteiger partial charge on any atom is -0.337 e. The largest absolute Gasteiger partial charge is 0.337 e.